The number of nitriles is 2. The first-order chi connectivity index (χ1) is 24.0. The molecule has 50 heavy (non-hydrogen) atoms. The average Bonchev–Trinajstić information content (AvgIpc) is 3.62. The average molecular weight is 671 g/mol. The van der Waals surface area contributed by atoms with Gasteiger partial charge in [-0.25, -0.2) is 0 Å². The summed E-state index contributed by atoms with van der Waals surface area (Å²) in [6.07, 6.45) is -9.31. The fraction of sp³-hybridized carbons (Fsp3) is 0.0500. The van der Waals surface area contributed by atoms with Crippen LogP contribution in [0.4, 0.5) is 26.3 Å². The summed E-state index contributed by atoms with van der Waals surface area (Å²) in [5, 5.41) is 22.6. The van der Waals surface area contributed by atoms with E-state index in [4.69, 9.17) is 0 Å². The van der Waals surface area contributed by atoms with Gasteiger partial charge in [0.15, 0.2) is 0 Å². The lowest BCUT2D eigenvalue weighted by Crippen LogP contribution is -2.07. The molecule has 0 aliphatic carbocycles. The van der Waals surface area contributed by atoms with Crippen LogP contribution in [0.1, 0.15) is 22.3 Å². The van der Waals surface area contributed by atoms with Crippen LogP contribution in [0.3, 0.4) is 0 Å². The number of para-hydroxylation sites is 2. The number of hydrogen-bond donors (Lipinski definition) is 0. The molecule has 0 atom stereocenters. The van der Waals surface area contributed by atoms with Crippen LogP contribution >= 0.6 is 0 Å². The number of hydrogen-bond acceptors (Lipinski definition) is 2. The third kappa shape index (κ3) is 4.76. The van der Waals surface area contributed by atoms with E-state index in [9.17, 15) is 36.9 Å². The second kappa shape index (κ2) is 11.0. The van der Waals surface area contributed by atoms with Crippen molar-refractivity contribution in [1.82, 2.24) is 9.13 Å². The summed E-state index contributed by atoms with van der Waals surface area (Å²) < 4.78 is 88.2. The van der Waals surface area contributed by atoms with E-state index in [1.165, 1.54) is 12.1 Å². The molecule has 4 nitrogen and oxygen atoms in total. The molecular weight excluding hydrogens is 650 g/mol. The van der Waals surface area contributed by atoms with Crippen molar-refractivity contribution in [1.29, 1.82) is 10.5 Å². The Morgan fingerprint density at radius 3 is 1.36 bits per heavy atom. The third-order valence-corrected chi connectivity index (χ3v) is 8.99. The SMILES string of the molecule is N#Cc1cccc(-c2c(-n3c4ccccc4c4ccc(C(F)(F)F)cc43)cc(C#N)cc2-n2c3ccccc3c3ccc(C(F)(F)F)cc32)c1. The molecule has 0 saturated heterocycles. The highest BCUT2D eigenvalue weighted by atomic mass is 19.4. The maximum atomic E-state index is 14.1. The van der Waals surface area contributed by atoms with Crippen LogP contribution in [-0.2, 0) is 12.4 Å². The third-order valence-electron chi connectivity index (χ3n) is 8.99. The zero-order valence-corrected chi connectivity index (χ0v) is 25.6. The lowest BCUT2D eigenvalue weighted by Gasteiger charge is -2.21. The summed E-state index contributed by atoms with van der Waals surface area (Å²) in [6.45, 7) is 0. The van der Waals surface area contributed by atoms with Gasteiger partial charge in [-0.15, -0.1) is 0 Å². The smallest absolute Gasteiger partial charge is 0.308 e. The van der Waals surface area contributed by atoms with Gasteiger partial charge < -0.3 is 9.13 Å². The fourth-order valence-corrected chi connectivity index (χ4v) is 6.88. The molecular formula is C40H20F6N4. The molecule has 6 aromatic carbocycles. The van der Waals surface area contributed by atoms with Gasteiger partial charge in [0.2, 0.25) is 0 Å². The highest BCUT2D eigenvalue weighted by Crippen LogP contribution is 2.44. The number of rotatable bonds is 3. The number of aromatic nitrogens is 2. The molecule has 0 fully saturated rings. The zero-order chi connectivity index (χ0) is 34.9. The first-order valence-corrected chi connectivity index (χ1v) is 15.3. The topological polar surface area (TPSA) is 57.4 Å². The number of fused-ring (bicyclic) bond motifs is 6. The number of alkyl halides is 6. The van der Waals surface area contributed by atoms with Gasteiger partial charge in [-0.05, 0) is 66.2 Å². The Labute approximate surface area is 279 Å². The lowest BCUT2D eigenvalue weighted by atomic mass is 9.96. The Balaban J connectivity index is 1.61. The summed E-state index contributed by atoms with van der Waals surface area (Å²) in [6, 6.07) is 35.1. The van der Waals surface area contributed by atoms with E-state index < -0.39 is 23.5 Å². The van der Waals surface area contributed by atoms with Crippen LogP contribution < -0.4 is 0 Å². The molecule has 0 unspecified atom stereocenters. The maximum Gasteiger partial charge on any atom is 0.416 e. The van der Waals surface area contributed by atoms with E-state index in [0.29, 0.717) is 55.1 Å². The van der Waals surface area contributed by atoms with Crippen LogP contribution in [-0.4, -0.2) is 9.13 Å². The van der Waals surface area contributed by atoms with Gasteiger partial charge in [-0.1, -0.05) is 60.7 Å². The van der Waals surface area contributed by atoms with E-state index in [0.717, 1.165) is 24.3 Å². The van der Waals surface area contributed by atoms with Crippen LogP contribution in [0, 0.1) is 22.7 Å². The Kier molecular flexibility index (Phi) is 6.78. The summed E-state index contributed by atoms with van der Waals surface area (Å²) >= 11 is 0. The van der Waals surface area contributed by atoms with Crippen LogP contribution in [0.2, 0.25) is 0 Å². The number of nitrogens with zero attached hydrogens (tertiary/aromatic N) is 4. The van der Waals surface area contributed by atoms with Gasteiger partial charge in [0.1, 0.15) is 0 Å². The molecule has 10 heteroatoms. The maximum absolute atomic E-state index is 14.1. The van der Waals surface area contributed by atoms with E-state index in [-0.39, 0.29) is 22.2 Å². The molecule has 242 valence electrons. The van der Waals surface area contributed by atoms with Crippen molar-refractivity contribution in [2.75, 3.05) is 0 Å². The molecule has 0 radical (unpaired) electrons. The molecule has 8 rings (SSSR count). The lowest BCUT2D eigenvalue weighted by molar-refractivity contribution is -0.138. The largest absolute Gasteiger partial charge is 0.416 e. The van der Waals surface area contributed by atoms with E-state index in [2.05, 4.69) is 12.1 Å². The molecule has 8 aromatic rings. The second-order valence-electron chi connectivity index (χ2n) is 11.9. The monoisotopic (exact) mass is 670 g/mol. The Bertz CT molecular complexity index is 2620. The highest BCUT2D eigenvalue weighted by Gasteiger charge is 2.33. The van der Waals surface area contributed by atoms with Crippen molar-refractivity contribution in [3.63, 3.8) is 0 Å². The minimum absolute atomic E-state index is 0.117. The quantitative estimate of drug-likeness (QED) is 0.176. The van der Waals surface area contributed by atoms with Crippen molar-refractivity contribution in [3.8, 4) is 34.6 Å². The van der Waals surface area contributed by atoms with Gasteiger partial charge >= 0.3 is 12.4 Å². The molecule has 0 amide bonds. The van der Waals surface area contributed by atoms with Crippen molar-refractivity contribution < 1.29 is 26.3 Å². The zero-order valence-electron chi connectivity index (χ0n) is 25.6. The molecule has 0 aliphatic heterocycles. The van der Waals surface area contributed by atoms with Gasteiger partial charge in [-0.3, -0.25) is 0 Å². The Morgan fingerprint density at radius 1 is 0.440 bits per heavy atom. The number of benzene rings is 6. The van der Waals surface area contributed by atoms with Crippen LogP contribution in [0.25, 0.3) is 66.1 Å². The summed E-state index contributed by atoms with van der Waals surface area (Å²) in [4.78, 5) is 0. The van der Waals surface area contributed by atoms with Crippen molar-refractivity contribution >= 4 is 43.6 Å². The second-order valence-corrected chi connectivity index (χ2v) is 11.9. The van der Waals surface area contributed by atoms with Gasteiger partial charge in [0.05, 0.1) is 67.8 Å². The van der Waals surface area contributed by atoms with Crippen molar-refractivity contribution in [3.05, 3.63) is 144 Å². The summed E-state index contributed by atoms with van der Waals surface area (Å²) in [7, 11) is 0. The molecule has 2 heterocycles. The van der Waals surface area contributed by atoms with Crippen molar-refractivity contribution in [2.24, 2.45) is 0 Å². The molecule has 0 spiro atoms. The Hall–Kier alpha value is -6.52. The van der Waals surface area contributed by atoms with E-state index in [1.54, 1.807) is 94.1 Å². The van der Waals surface area contributed by atoms with E-state index in [1.807, 2.05) is 0 Å². The van der Waals surface area contributed by atoms with Crippen LogP contribution in [0.5, 0.6) is 0 Å². The molecule has 0 bridgehead atoms. The van der Waals surface area contributed by atoms with Gasteiger partial charge in [-0.2, -0.15) is 36.9 Å². The predicted molar refractivity (Wildman–Crippen MR) is 180 cm³/mol. The standard InChI is InChI=1S/C40H20F6N4/c41-39(42,43)26-12-14-30-28-8-1-3-10-32(28)49(34(30)19-26)36-17-24(22-48)18-37(38(36)25-7-5-6-23(16-25)21-47)50-33-11-4-2-9-29(33)31-15-13-27(20-35(31)50)40(44,45)46/h1-20H. The first-order valence-electron chi connectivity index (χ1n) is 15.3. The predicted octanol–water partition coefficient (Wildman–Crippen LogP) is 11.3. The molecule has 2 aromatic heterocycles. The van der Waals surface area contributed by atoms with Crippen molar-refractivity contribution in [2.45, 2.75) is 12.4 Å². The summed E-state index contributed by atoms with van der Waals surface area (Å²) in [5.74, 6) is 0. The first kappa shape index (κ1) is 30.8. The fourth-order valence-electron chi connectivity index (χ4n) is 6.88. The molecule has 0 aliphatic rings. The van der Waals surface area contributed by atoms with Gasteiger partial charge in [0, 0.05) is 27.1 Å². The molecule has 0 N–H and O–H groups in total. The van der Waals surface area contributed by atoms with Gasteiger partial charge in [0.25, 0.3) is 0 Å². The highest BCUT2D eigenvalue weighted by molar-refractivity contribution is 6.12. The minimum Gasteiger partial charge on any atom is -0.308 e. The van der Waals surface area contributed by atoms with Crippen LogP contribution in [0.15, 0.2) is 121 Å². The Morgan fingerprint density at radius 2 is 0.900 bits per heavy atom. The normalized spacial score (nSPS) is 12.2. The number of halogens is 6. The minimum atomic E-state index is -4.65. The van der Waals surface area contributed by atoms with E-state index >= 15 is 0 Å². The summed E-state index contributed by atoms with van der Waals surface area (Å²) in [5.41, 5.74) is 1.62. The molecule has 0 saturated carbocycles.